The first-order chi connectivity index (χ1) is 13.1. The van der Waals surface area contributed by atoms with Gasteiger partial charge in [0, 0.05) is 30.2 Å². The number of aromatic nitrogens is 1. The van der Waals surface area contributed by atoms with Gasteiger partial charge in [0.1, 0.15) is 16.7 Å². The molecule has 7 heteroatoms. The first-order valence-electron chi connectivity index (χ1n) is 8.56. The lowest BCUT2D eigenvalue weighted by molar-refractivity contribution is 0.0697. The van der Waals surface area contributed by atoms with E-state index in [9.17, 15) is 9.59 Å². The van der Waals surface area contributed by atoms with E-state index < -0.39 is 11.6 Å². The Morgan fingerprint density at radius 2 is 1.89 bits per heavy atom. The average Bonchev–Trinajstić information content (AvgIpc) is 3.02. The molecule has 3 heterocycles. The zero-order valence-electron chi connectivity index (χ0n) is 14.1. The minimum Gasteiger partial charge on any atom is -0.478 e. The number of carbonyl (C=O) groups is 1. The molecular weight excluding hydrogens is 348 g/mol. The molecule has 1 aliphatic heterocycles. The molecule has 0 aliphatic carbocycles. The highest BCUT2D eigenvalue weighted by molar-refractivity contribution is 5.92. The van der Waals surface area contributed by atoms with Crippen LogP contribution in [0.25, 0.3) is 33.5 Å². The first-order valence-corrected chi connectivity index (χ1v) is 8.56. The van der Waals surface area contributed by atoms with Crippen molar-refractivity contribution < 1.29 is 18.7 Å². The smallest absolute Gasteiger partial charge is 0.349 e. The number of fused-ring (bicyclic) bond motifs is 2. The van der Waals surface area contributed by atoms with E-state index in [1.54, 1.807) is 6.07 Å². The average molecular weight is 362 g/mol. The molecular formula is C20H14N2O5. The summed E-state index contributed by atoms with van der Waals surface area (Å²) >= 11 is 0. The number of aromatic carboxylic acids is 1. The van der Waals surface area contributed by atoms with Crippen molar-refractivity contribution in [1.29, 1.82) is 0 Å². The van der Waals surface area contributed by atoms with Gasteiger partial charge in [-0.3, -0.25) is 0 Å². The summed E-state index contributed by atoms with van der Waals surface area (Å²) in [7, 11) is 0. The lowest BCUT2D eigenvalue weighted by atomic mass is 10.1. The van der Waals surface area contributed by atoms with Crippen LogP contribution < -0.4 is 10.5 Å². The van der Waals surface area contributed by atoms with Crippen LogP contribution in [0.4, 0.5) is 5.69 Å². The van der Waals surface area contributed by atoms with Gasteiger partial charge < -0.3 is 18.8 Å². The maximum absolute atomic E-state index is 12.5. The van der Waals surface area contributed by atoms with Gasteiger partial charge in [0.05, 0.1) is 5.56 Å². The van der Waals surface area contributed by atoms with E-state index >= 15 is 0 Å². The van der Waals surface area contributed by atoms with E-state index in [1.807, 2.05) is 18.2 Å². The molecule has 1 fully saturated rings. The van der Waals surface area contributed by atoms with E-state index in [0.29, 0.717) is 16.7 Å². The van der Waals surface area contributed by atoms with Crippen molar-refractivity contribution in [3.05, 3.63) is 58.4 Å². The van der Waals surface area contributed by atoms with Crippen molar-refractivity contribution in [2.75, 3.05) is 18.0 Å². The number of benzene rings is 2. The Bertz CT molecular complexity index is 1270. The Morgan fingerprint density at radius 3 is 2.63 bits per heavy atom. The molecule has 0 atom stereocenters. The molecule has 1 aliphatic rings. The topological polar surface area (TPSA) is 96.8 Å². The fourth-order valence-corrected chi connectivity index (χ4v) is 3.20. The van der Waals surface area contributed by atoms with Gasteiger partial charge in [-0.1, -0.05) is 0 Å². The van der Waals surface area contributed by atoms with Crippen LogP contribution in [-0.2, 0) is 0 Å². The first kappa shape index (κ1) is 15.6. The van der Waals surface area contributed by atoms with Crippen LogP contribution in [0.3, 0.4) is 0 Å². The predicted molar refractivity (Wildman–Crippen MR) is 99.3 cm³/mol. The van der Waals surface area contributed by atoms with Crippen LogP contribution >= 0.6 is 0 Å². The summed E-state index contributed by atoms with van der Waals surface area (Å²) in [4.78, 5) is 30.1. The molecule has 0 spiro atoms. The molecule has 27 heavy (non-hydrogen) atoms. The highest BCUT2D eigenvalue weighted by Gasteiger charge is 2.18. The second-order valence-electron chi connectivity index (χ2n) is 6.52. The van der Waals surface area contributed by atoms with Crippen molar-refractivity contribution in [1.82, 2.24) is 4.98 Å². The van der Waals surface area contributed by atoms with Crippen LogP contribution in [-0.4, -0.2) is 29.1 Å². The van der Waals surface area contributed by atoms with Crippen molar-refractivity contribution in [2.45, 2.75) is 6.42 Å². The molecule has 2 aromatic carbocycles. The summed E-state index contributed by atoms with van der Waals surface area (Å²) in [6.45, 7) is 2.02. The summed E-state index contributed by atoms with van der Waals surface area (Å²) in [5.74, 6) is -0.945. The molecule has 0 radical (unpaired) electrons. The van der Waals surface area contributed by atoms with Gasteiger partial charge in [-0.15, -0.1) is 0 Å². The molecule has 0 bridgehead atoms. The number of carboxylic acid groups (broad SMARTS) is 1. The van der Waals surface area contributed by atoms with Gasteiger partial charge in [0.25, 0.3) is 0 Å². The van der Waals surface area contributed by atoms with Gasteiger partial charge >= 0.3 is 11.6 Å². The van der Waals surface area contributed by atoms with E-state index in [2.05, 4.69) is 9.88 Å². The van der Waals surface area contributed by atoms with Crippen LogP contribution in [0.1, 0.15) is 16.8 Å². The van der Waals surface area contributed by atoms with Crippen molar-refractivity contribution in [3.63, 3.8) is 0 Å². The number of carboxylic acids is 1. The van der Waals surface area contributed by atoms with E-state index in [-0.39, 0.29) is 17.0 Å². The molecule has 4 aromatic rings. The summed E-state index contributed by atoms with van der Waals surface area (Å²) in [6.07, 6.45) is 1.17. The largest absolute Gasteiger partial charge is 0.478 e. The molecule has 5 rings (SSSR count). The van der Waals surface area contributed by atoms with Crippen LogP contribution in [0.5, 0.6) is 0 Å². The fraction of sp³-hybridized carbons (Fsp3) is 0.150. The predicted octanol–water partition coefficient (Wildman–Crippen LogP) is 3.51. The molecule has 1 N–H and O–H groups in total. The Hall–Kier alpha value is -3.61. The number of oxazole rings is 1. The molecule has 0 saturated carbocycles. The quantitative estimate of drug-likeness (QED) is 0.557. The number of anilines is 1. The molecule has 0 unspecified atom stereocenters. The molecule has 0 amide bonds. The molecule has 1 saturated heterocycles. The second kappa shape index (κ2) is 5.70. The SMILES string of the molecule is O=C(O)c1ccc2oc(-c3cc4ccc(N5CCC5)cc4oc3=O)nc2c1. The number of nitrogens with zero attached hydrogens (tertiary/aromatic N) is 2. The second-order valence-corrected chi connectivity index (χ2v) is 6.52. The Kier molecular flexibility index (Phi) is 3.30. The summed E-state index contributed by atoms with van der Waals surface area (Å²) < 4.78 is 11.1. The maximum atomic E-state index is 12.5. The van der Waals surface area contributed by atoms with Gasteiger partial charge in [-0.25, -0.2) is 14.6 Å². The Morgan fingerprint density at radius 1 is 1.04 bits per heavy atom. The zero-order chi connectivity index (χ0) is 18.5. The third kappa shape index (κ3) is 2.55. The van der Waals surface area contributed by atoms with Gasteiger partial charge in [0.15, 0.2) is 5.58 Å². The standard InChI is InChI=1S/C20H14N2O5/c23-19(24)12-3-5-16-15(9-12)21-18(26-16)14-8-11-2-4-13(22-6-1-7-22)10-17(11)27-20(14)25/h2-5,8-10H,1,6-7H2,(H,23,24). The van der Waals surface area contributed by atoms with Crippen LogP contribution in [0, 0.1) is 0 Å². The van der Waals surface area contributed by atoms with E-state index in [0.717, 1.165) is 24.2 Å². The van der Waals surface area contributed by atoms with Crippen LogP contribution in [0.15, 0.2) is 56.1 Å². The Balaban J connectivity index is 1.61. The van der Waals surface area contributed by atoms with Crippen LogP contribution in [0.2, 0.25) is 0 Å². The lowest BCUT2D eigenvalue weighted by Crippen LogP contribution is -2.36. The van der Waals surface area contributed by atoms with Gasteiger partial charge in [0.2, 0.25) is 5.89 Å². The highest BCUT2D eigenvalue weighted by atomic mass is 16.4. The minimum atomic E-state index is -1.05. The number of hydrogen-bond donors (Lipinski definition) is 1. The summed E-state index contributed by atoms with van der Waals surface area (Å²) in [5.41, 5.74) is 2.08. The van der Waals surface area contributed by atoms with Gasteiger partial charge in [-0.2, -0.15) is 0 Å². The number of rotatable bonds is 3. The van der Waals surface area contributed by atoms with Crippen molar-refractivity contribution in [2.24, 2.45) is 0 Å². The lowest BCUT2D eigenvalue weighted by Gasteiger charge is -2.33. The molecule has 7 nitrogen and oxygen atoms in total. The van der Waals surface area contributed by atoms with Crippen molar-refractivity contribution >= 4 is 33.7 Å². The maximum Gasteiger partial charge on any atom is 0.349 e. The van der Waals surface area contributed by atoms with Gasteiger partial charge in [-0.05, 0) is 42.8 Å². The summed E-state index contributed by atoms with van der Waals surface area (Å²) in [5, 5.41) is 9.85. The molecule has 134 valence electrons. The van der Waals surface area contributed by atoms with E-state index in [4.69, 9.17) is 13.9 Å². The minimum absolute atomic E-state index is 0.103. The normalized spacial score (nSPS) is 13.9. The monoisotopic (exact) mass is 362 g/mol. The van der Waals surface area contributed by atoms with Crippen molar-refractivity contribution in [3.8, 4) is 11.5 Å². The third-order valence-corrected chi connectivity index (χ3v) is 4.81. The third-order valence-electron chi connectivity index (χ3n) is 4.81. The number of hydrogen-bond acceptors (Lipinski definition) is 6. The zero-order valence-corrected chi connectivity index (χ0v) is 14.1. The summed E-state index contributed by atoms with van der Waals surface area (Å²) in [6, 6.07) is 11.8. The Labute approximate surface area is 152 Å². The van der Waals surface area contributed by atoms with E-state index in [1.165, 1.54) is 24.6 Å². The highest BCUT2D eigenvalue weighted by Crippen LogP contribution is 2.28. The fourth-order valence-electron chi connectivity index (χ4n) is 3.20. The molecule has 2 aromatic heterocycles.